The number of halogens is 1. The Kier molecular flexibility index (Phi) is 7.03. The molecule has 7 heteroatoms. The van der Waals surface area contributed by atoms with E-state index in [9.17, 15) is 9.90 Å². The Morgan fingerprint density at radius 1 is 1.24 bits per heavy atom. The van der Waals surface area contributed by atoms with Crippen molar-refractivity contribution in [1.29, 1.82) is 0 Å². The number of aromatic hydroxyl groups is 1. The van der Waals surface area contributed by atoms with Gasteiger partial charge in [-0.05, 0) is 83.9 Å². The third-order valence-corrected chi connectivity index (χ3v) is 5.85. The topological polar surface area (TPSA) is 62.1 Å². The van der Waals surface area contributed by atoms with Gasteiger partial charge in [-0.1, -0.05) is 24.6 Å². The Morgan fingerprint density at radius 3 is 2.62 bits per heavy atom. The maximum atomic E-state index is 13.0. The Morgan fingerprint density at radius 2 is 1.97 bits per heavy atom. The summed E-state index contributed by atoms with van der Waals surface area (Å²) in [7, 11) is 0. The van der Waals surface area contributed by atoms with Gasteiger partial charge in [-0.15, -0.1) is 0 Å². The highest BCUT2D eigenvalue weighted by Gasteiger charge is 2.32. The zero-order chi connectivity index (χ0) is 21.0. The number of phenols is 1. The van der Waals surface area contributed by atoms with E-state index in [1.54, 1.807) is 23.1 Å². The Labute approximate surface area is 183 Å². The second-order valence-electron chi connectivity index (χ2n) is 6.58. The maximum absolute atomic E-state index is 13.0. The molecule has 2 aromatic carbocycles. The van der Waals surface area contributed by atoms with Crippen molar-refractivity contribution in [2.24, 2.45) is 4.99 Å². The number of hydrogen-bond donors (Lipinski definition) is 1. The Balaban J connectivity index is 1.96. The van der Waals surface area contributed by atoms with E-state index in [1.807, 2.05) is 45.0 Å². The average molecular weight is 475 g/mol. The van der Waals surface area contributed by atoms with Crippen LogP contribution in [0.5, 0.6) is 11.5 Å². The van der Waals surface area contributed by atoms with Crippen LogP contribution < -0.4 is 4.74 Å². The average Bonchev–Trinajstić information content (AvgIpc) is 2.97. The molecule has 0 unspecified atom stereocenters. The molecule has 3 rings (SSSR count). The maximum Gasteiger partial charge on any atom is 0.266 e. The van der Waals surface area contributed by atoms with E-state index in [0.29, 0.717) is 33.4 Å². The van der Waals surface area contributed by atoms with Gasteiger partial charge in [0, 0.05) is 6.54 Å². The Hall–Kier alpha value is -2.25. The minimum absolute atomic E-state index is 0.0497. The van der Waals surface area contributed by atoms with Gasteiger partial charge in [0.2, 0.25) is 0 Å². The molecular weight excluding hydrogens is 452 g/mol. The van der Waals surface area contributed by atoms with Gasteiger partial charge in [0.15, 0.2) is 16.7 Å². The molecule has 1 saturated heterocycles. The van der Waals surface area contributed by atoms with E-state index in [0.717, 1.165) is 23.2 Å². The molecule has 0 aromatic heterocycles. The van der Waals surface area contributed by atoms with Gasteiger partial charge in [0.25, 0.3) is 5.91 Å². The summed E-state index contributed by atoms with van der Waals surface area (Å²) in [5, 5.41) is 10.8. The number of hydrogen-bond acceptors (Lipinski definition) is 5. The fourth-order valence-electron chi connectivity index (χ4n) is 2.84. The molecular formula is C22H23BrN2O3S. The molecule has 1 fully saturated rings. The summed E-state index contributed by atoms with van der Waals surface area (Å²) >= 11 is 4.70. The van der Waals surface area contributed by atoms with Crippen LogP contribution in [0, 0.1) is 6.92 Å². The van der Waals surface area contributed by atoms with Gasteiger partial charge in [-0.3, -0.25) is 9.69 Å². The third-order valence-electron chi connectivity index (χ3n) is 4.24. The van der Waals surface area contributed by atoms with Crippen molar-refractivity contribution in [2.45, 2.75) is 27.2 Å². The predicted molar refractivity (Wildman–Crippen MR) is 123 cm³/mol. The lowest BCUT2D eigenvalue weighted by Gasteiger charge is -2.14. The summed E-state index contributed by atoms with van der Waals surface area (Å²) in [5.41, 5.74) is 2.75. The highest BCUT2D eigenvalue weighted by molar-refractivity contribution is 9.10. The van der Waals surface area contributed by atoms with E-state index in [2.05, 4.69) is 15.9 Å². The lowest BCUT2D eigenvalue weighted by molar-refractivity contribution is -0.122. The van der Waals surface area contributed by atoms with Crippen LogP contribution in [-0.2, 0) is 4.79 Å². The summed E-state index contributed by atoms with van der Waals surface area (Å²) in [6, 6.07) is 11.4. The van der Waals surface area contributed by atoms with E-state index < -0.39 is 0 Å². The fourth-order valence-corrected chi connectivity index (χ4v) is 4.32. The molecule has 1 amide bonds. The minimum atomic E-state index is -0.0649. The summed E-state index contributed by atoms with van der Waals surface area (Å²) in [6.07, 6.45) is 2.64. The van der Waals surface area contributed by atoms with Crippen LogP contribution in [0.1, 0.15) is 31.4 Å². The van der Waals surface area contributed by atoms with Crippen LogP contribution in [0.25, 0.3) is 6.08 Å². The van der Waals surface area contributed by atoms with E-state index in [-0.39, 0.29) is 11.7 Å². The van der Waals surface area contributed by atoms with Crippen LogP contribution in [0.15, 0.2) is 50.8 Å². The number of aliphatic imine (C=N–C) groups is 1. The van der Waals surface area contributed by atoms with Crippen molar-refractivity contribution in [3.05, 3.63) is 56.9 Å². The van der Waals surface area contributed by atoms with Crippen molar-refractivity contribution in [3.63, 3.8) is 0 Å². The van der Waals surface area contributed by atoms with Gasteiger partial charge in [0.1, 0.15) is 0 Å². The normalized spacial score (nSPS) is 16.8. The highest BCUT2D eigenvalue weighted by Crippen LogP contribution is 2.39. The molecule has 2 aromatic rings. The minimum Gasteiger partial charge on any atom is -0.503 e. The van der Waals surface area contributed by atoms with Crippen LogP contribution in [0.4, 0.5) is 5.69 Å². The van der Waals surface area contributed by atoms with Gasteiger partial charge in [-0.25, -0.2) is 4.99 Å². The Bertz CT molecular complexity index is 971. The van der Waals surface area contributed by atoms with Crippen LogP contribution in [0.2, 0.25) is 0 Å². The lowest BCUT2D eigenvalue weighted by Crippen LogP contribution is -2.29. The number of carbonyl (C=O) groups is 1. The number of ether oxygens (including phenoxy) is 1. The second kappa shape index (κ2) is 9.50. The number of aryl methyl sites for hydroxylation is 1. The van der Waals surface area contributed by atoms with Crippen molar-refractivity contribution >= 4 is 50.5 Å². The molecule has 152 valence electrons. The quantitative estimate of drug-likeness (QED) is 0.531. The van der Waals surface area contributed by atoms with Crippen LogP contribution in [-0.4, -0.2) is 34.2 Å². The summed E-state index contributed by atoms with van der Waals surface area (Å²) in [6.45, 7) is 6.96. The van der Waals surface area contributed by atoms with Crippen LogP contribution in [0.3, 0.4) is 0 Å². The van der Waals surface area contributed by atoms with Crippen molar-refractivity contribution in [3.8, 4) is 11.5 Å². The first kappa shape index (κ1) is 21.5. The predicted octanol–water partition coefficient (Wildman–Crippen LogP) is 5.88. The molecule has 0 atom stereocenters. The highest BCUT2D eigenvalue weighted by atomic mass is 79.9. The molecule has 1 aliphatic rings. The number of thioether (sulfide) groups is 1. The third kappa shape index (κ3) is 5.03. The number of rotatable bonds is 6. The molecule has 0 radical (unpaired) electrons. The number of amides is 1. The first-order chi connectivity index (χ1) is 13.9. The molecule has 1 aliphatic heterocycles. The van der Waals surface area contributed by atoms with Crippen molar-refractivity contribution in [2.75, 3.05) is 13.2 Å². The largest absolute Gasteiger partial charge is 0.503 e. The molecule has 0 bridgehead atoms. The number of benzene rings is 2. The monoisotopic (exact) mass is 474 g/mol. The zero-order valence-electron chi connectivity index (χ0n) is 16.6. The van der Waals surface area contributed by atoms with E-state index in [1.165, 1.54) is 11.8 Å². The van der Waals surface area contributed by atoms with Crippen molar-refractivity contribution in [1.82, 2.24) is 4.90 Å². The number of phenolic OH excluding ortho intramolecular Hbond substituents is 1. The molecule has 1 heterocycles. The van der Waals surface area contributed by atoms with Gasteiger partial charge in [-0.2, -0.15) is 0 Å². The number of nitrogens with zero attached hydrogens (tertiary/aromatic N) is 2. The van der Waals surface area contributed by atoms with Crippen molar-refractivity contribution < 1.29 is 14.6 Å². The first-order valence-corrected chi connectivity index (χ1v) is 11.1. The van der Waals surface area contributed by atoms with E-state index in [4.69, 9.17) is 9.73 Å². The zero-order valence-corrected chi connectivity index (χ0v) is 19.0. The van der Waals surface area contributed by atoms with Gasteiger partial charge >= 0.3 is 0 Å². The summed E-state index contributed by atoms with van der Waals surface area (Å²) in [4.78, 5) is 20.0. The first-order valence-electron chi connectivity index (χ1n) is 9.45. The summed E-state index contributed by atoms with van der Waals surface area (Å²) < 4.78 is 6.00. The molecule has 5 nitrogen and oxygen atoms in total. The SMILES string of the molecule is CCCN1C(=O)/C(=C\c2cc(Br)c(O)c(OCC)c2)SC1=Nc1ccc(C)cc1. The molecule has 29 heavy (non-hydrogen) atoms. The van der Waals surface area contributed by atoms with Gasteiger partial charge < -0.3 is 9.84 Å². The lowest BCUT2D eigenvalue weighted by atomic mass is 10.2. The number of carbonyl (C=O) groups excluding carboxylic acids is 1. The van der Waals surface area contributed by atoms with Crippen LogP contribution >= 0.6 is 27.7 Å². The van der Waals surface area contributed by atoms with E-state index >= 15 is 0 Å². The molecule has 0 spiro atoms. The second-order valence-corrected chi connectivity index (χ2v) is 8.44. The fraction of sp³-hybridized carbons (Fsp3) is 0.273. The molecule has 1 N–H and O–H groups in total. The standard InChI is InChI=1S/C22H23BrN2O3S/c1-4-10-25-21(27)19(29-22(25)24-16-8-6-14(3)7-9-16)13-15-11-17(23)20(26)18(12-15)28-5-2/h6-9,11-13,26H,4-5,10H2,1-3H3/b19-13+,24-22?. The van der Waals surface area contributed by atoms with Gasteiger partial charge in [0.05, 0.1) is 21.7 Å². The summed E-state index contributed by atoms with van der Waals surface area (Å²) in [5.74, 6) is 0.363. The molecule has 0 saturated carbocycles. The molecule has 0 aliphatic carbocycles. The number of amidine groups is 1. The smallest absolute Gasteiger partial charge is 0.266 e.